The van der Waals surface area contributed by atoms with E-state index in [9.17, 15) is 4.79 Å². The summed E-state index contributed by atoms with van der Waals surface area (Å²) in [5.74, 6) is 1.61. The SMILES string of the molecule is Cc1ccc(Cl)c(OC(C)C(=O)NCc2ccc(OCC3CC3)nc2)c1. The largest absolute Gasteiger partial charge is 0.479 e. The van der Waals surface area contributed by atoms with Gasteiger partial charge in [-0.3, -0.25) is 4.79 Å². The normalized spacial score (nSPS) is 14.6. The van der Waals surface area contributed by atoms with Crippen LogP contribution in [0.1, 0.15) is 30.9 Å². The van der Waals surface area contributed by atoms with Gasteiger partial charge in [0.05, 0.1) is 11.6 Å². The Hall–Kier alpha value is -2.27. The van der Waals surface area contributed by atoms with Crippen molar-refractivity contribution in [2.45, 2.75) is 39.3 Å². The zero-order chi connectivity index (χ0) is 18.5. The number of nitrogens with zero attached hydrogens (tertiary/aromatic N) is 1. The van der Waals surface area contributed by atoms with Crippen LogP contribution in [0.4, 0.5) is 0 Å². The molecule has 5 nitrogen and oxygen atoms in total. The van der Waals surface area contributed by atoms with Crippen LogP contribution in [0.5, 0.6) is 11.6 Å². The number of ether oxygens (including phenoxy) is 2. The summed E-state index contributed by atoms with van der Waals surface area (Å²) in [6.45, 7) is 4.75. The van der Waals surface area contributed by atoms with Crippen molar-refractivity contribution in [3.63, 3.8) is 0 Å². The highest BCUT2D eigenvalue weighted by molar-refractivity contribution is 6.32. The smallest absolute Gasteiger partial charge is 0.261 e. The molecule has 0 bridgehead atoms. The summed E-state index contributed by atoms with van der Waals surface area (Å²) in [6.07, 6.45) is 3.56. The molecule has 6 heteroatoms. The second-order valence-corrected chi connectivity index (χ2v) is 7.08. The predicted octanol–water partition coefficient (Wildman–Crippen LogP) is 3.92. The van der Waals surface area contributed by atoms with Gasteiger partial charge in [-0.25, -0.2) is 4.98 Å². The number of benzene rings is 1. The summed E-state index contributed by atoms with van der Waals surface area (Å²) in [5.41, 5.74) is 1.92. The molecule has 0 spiro atoms. The summed E-state index contributed by atoms with van der Waals surface area (Å²) >= 11 is 6.10. The molecular formula is C20H23ClN2O3. The van der Waals surface area contributed by atoms with Crippen LogP contribution in [0.3, 0.4) is 0 Å². The molecule has 1 N–H and O–H groups in total. The molecule has 138 valence electrons. The fraction of sp³-hybridized carbons (Fsp3) is 0.400. The first-order valence-corrected chi connectivity index (χ1v) is 9.17. The van der Waals surface area contributed by atoms with Gasteiger partial charge in [0.15, 0.2) is 6.10 Å². The molecule has 1 aromatic heterocycles. The van der Waals surface area contributed by atoms with Crippen LogP contribution in [0.15, 0.2) is 36.5 Å². The second kappa shape index (κ2) is 8.41. The maximum atomic E-state index is 12.2. The average molecular weight is 375 g/mol. The molecule has 1 atom stereocenters. The predicted molar refractivity (Wildman–Crippen MR) is 101 cm³/mol. The Morgan fingerprint density at radius 3 is 2.85 bits per heavy atom. The van der Waals surface area contributed by atoms with Crippen molar-refractivity contribution in [2.75, 3.05) is 6.61 Å². The van der Waals surface area contributed by atoms with Crippen LogP contribution in [0, 0.1) is 12.8 Å². The average Bonchev–Trinajstić information content (AvgIpc) is 3.46. The highest BCUT2D eigenvalue weighted by Gasteiger charge is 2.22. The number of aryl methyl sites for hydroxylation is 1. The van der Waals surface area contributed by atoms with Crippen LogP contribution in [0.2, 0.25) is 5.02 Å². The van der Waals surface area contributed by atoms with Crippen molar-refractivity contribution < 1.29 is 14.3 Å². The maximum absolute atomic E-state index is 12.2. The first kappa shape index (κ1) is 18.5. The quantitative estimate of drug-likeness (QED) is 0.760. The Bertz CT molecular complexity index is 760. The zero-order valence-corrected chi connectivity index (χ0v) is 15.8. The van der Waals surface area contributed by atoms with Gasteiger partial charge in [-0.15, -0.1) is 0 Å². The number of amides is 1. The number of hydrogen-bond donors (Lipinski definition) is 1. The van der Waals surface area contributed by atoms with Crippen molar-refractivity contribution in [1.82, 2.24) is 10.3 Å². The van der Waals surface area contributed by atoms with Gasteiger partial charge in [-0.2, -0.15) is 0 Å². The lowest BCUT2D eigenvalue weighted by Crippen LogP contribution is -2.36. The number of carbonyl (C=O) groups excluding carboxylic acids is 1. The number of rotatable bonds is 8. The van der Waals surface area contributed by atoms with Gasteiger partial charge >= 0.3 is 0 Å². The van der Waals surface area contributed by atoms with Crippen LogP contribution in [0.25, 0.3) is 0 Å². The van der Waals surface area contributed by atoms with Crippen LogP contribution in [-0.4, -0.2) is 23.6 Å². The molecule has 3 rings (SSSR count). The van der Waals surface area contributed by atoms with E-state index in [1.165, 1.54) is 12.8 Å². The molecular weight excluding hydrogens is 352 g/mol. The number of aromatic nitrogens is 1. The monoisotopic (exact) mass is 374 g/mol. The summed E-state index contributed by atoms with van der Waals surface area (Å²) in [6, 6.07) is 9.20. The number of carbonyl (C=O) groups is 1. The fourth-order valence-electron chi connectivity index (χ4n) is 2.37. The zero-order valence-electron chi connectivity index (χ0n) is 15.0. The topological polar surface area (TPSA) is 60.5 Å². The summed E-state index contributed by atoms with van der Waals surface area (Å²) in [4.78, 5) is 16.5. The first-order valence-electron chi connectivity index (χ1n) is 8.79. The summed E-state index contributed by atoms with van der Waals surface area (Å²) in [5, 5.41) is 3.33. The molecule has 1 heterocycles. The van der Waals surface area contributed by atoms with E-state index in [0.717, 1.165) is 17.7 Å². The van der Waals surface area contributed by atoms with Crippen molar-refractivity contribution in [1.29, 1.82) is 0 Å². The maximum Gasteiger partial charge on any atom is 0.261 e. The highest BCUT2D eigenvalue weighted by atomic mass is 35.5. The Labute approximate surface area is 158 Å². The van der Waals surface area contributed by atoms with Crippen LogP contribution in [-0.2, 0) is 11.3 Å². The third-order valence-electron chi connectivity index (χ3n) is 4.19. The molecule has 2 aromatic rings. The minimum atomic E-state index is -0.650. The third kappa shape index (κ3) is 5.36. The number of hydrogen-bond acceptors (Lipinski definition) is 4. The van der Waals surface area contributed by atoms with Gasteiger partial charge in [-0.1, -0.05) is 23.7 Å². The van der Waals surface area contributed by atoms with E-state index in [1.54, 1.807) is 19.2 Å². The van der Waals surface area contributed by atoms with E-state index in [-0.39, 0.29) is 5.91 Å². The Kier molecular flexibility index (Phi) is 5.99. The lowest BCUT2D eigenvalue weighted by molar-refractivity contribution is -0.127. The molecule has 1 amide bonds. The molecule has 1 aliphatic rings. The standard InChI is InChI=1S/C20H23ClN2O3/c1-13-3-7-17(21)18(9-13)26-14(2)20(24)23-11-16-6-8-19(22-10-16)25-12-15-4-5-15/h3,6-10,14-15H,4-5,11-12H2,1-2H3,(H,23,24). The number of halogens is 1. The molecule has 1 fully saturated rings. The molecule has 1 aromatic carbocycles. The minimum absolute atomic E-state index is 0.211. The van der Waals surface area contributed by atoms with E-state index in [4.69, 9.17) is 21.1 Å². The summed E-state index contributed by atoms with van der Waals surface area (Å²) < 4.78 is 11.3. The van der Waals surface area contributed by atoms with E-state index in [1.807, 2.05) is 31.2 Å². The first-order chi connectivity index (χ1) is 12.5. The highest BCUT2D eigenvalue weighted by Crippen LogP contribution is 2.29. The van der Waals surface area contributed by atoms with E-state index >= 15 is 0 Å². The minimum Gasteiger partial charge on any atom is -0.479 e. The van der Waals surface area contributed by atoms with Gasteiger partial charge in [-0.05, 0) is 55.9 Å². The molecule has 1 aliphatic carbocycles. The Morgan fingerprint density at radius 1 is 1.35 bits per heavy atom. The van der Waals surface area contributed by atoms with E-state index in [2.05, 4.69) is 10.3 Å². The van der Waals surface area contributed by atoms with Crippen molar-refractivity contribution in [2.24, 2.45) is 5.92 Å². The molecule has 1 unspecified atom stereocenters. The van der Waals surface area contributed by atoms with Crippen molar-refractivity contribution in [3.05, 3.63) is 52.7 Å². The molecule has 0 saturated heterocycles. The van der Waals surface area contributed by atoms with E-state index in [0.29, 0.717) is 29.1 Å². The van der Waals surface area contributed by atoms with Gasteiger partial charge in [0.1, 0.15) is 5.75 Å². The lowest BCUT2D eigenvalue weighted by Gasteiger charge is -2.16. The molecule has 26 heavy (non-hydrogen) atoms. The molecule has 1 saturated carbocycles. The lowest BCUT2D eigenvalue weighted by atomic mass is 10.2. The molecule has 0 radical (unpaired) electrons. The fourth-order valence-corrected chi connectivity index (χ4v) is 2.53. The van der Waals surface area contributed by atoms with Gasteiger partial charge in [0, 0.05) is 18.8 Å². The van der Waals surface area contributed by atoms with E-state index < -0.39 is 6.10 Å². The number of nitrogens with one attached hydrogen (secondary N) is 1. The van der Waals surface area contributed by atoms with Crippen LogP contribution >= 0.6 is 11.6 Å². The third-order valence-corrected chi connectivity index (χ3v) is 4.50. The Balaban J connectivity index is 1.47. The van der Waals surface area contributed by atoms with Gasteiger partial charge in [0.25, 0.3) is 5.91 Å². The van der Waals surface area contributed by atoms with Gasteiger partial charge < -0.3 is 14.8 Å². The van der Waals surface area contributed by atoms with Crippen molar-refractivity contribution in [3.8, 4) is 11.6 Å². The Morgan fingerprint density at radius 2 is 2.15 bits per heavy atom. The van der Waals surface area contributed by atoms with Gasteiger partial charge in [0.2, 0.25) is 5.88 Å². The number of pyridine rings is 1. The molecule has 0 aliphatic heterocycles. The van der Waals surface area contributed by atoms with Crippen molar-refractivity contribution >= 4 is 17.5 Å². The summed E-state index contributed by atoms with van der Waals surface area (Å²) in [7, 11) is 0. The van der Waals surface area contributed by atoms with Crippen LogP contribution < -0.4 is 14.8 Å². The second-order valence-electron chi connectivity index (χ2n) is 6.67.